The predicted octanol–water partition coefficient (Wildman–Crippen LogP) is 2.97. The summed E-state index contributed by atoms with van der Waals surface area (Å²) in [6.45, 7) is 3.88. The number of rotatable bonds is 3. The van der Waals surface area contributed by atoms with Crippen LogP contribution >= 0.6 is 0 Å². The Balaban J connectivity index is 2.91. The van der Waals surface area contributed by atoms with Crippen LogP contribution in [0.2, 0.25) is 0 Å². The van der Waals surface area contributed by atoms with Gasteiger partial charge in [-0.05, 0) is 36.6 Å². The molecule has 1 unspecified atom stereocenters. The van der Waals surface area contributed by atoms with Gasteiger partial charge in [0.2, 0.25) is 0 Å². The van der Waals surface area contributed by atoms with Crippen molar-refractivity contribution < 1.29 is 9.50 Å². The van der Waals surface area contributed by atoms with Crippen molar-refractivity contribution in [1.82, 2.24) is 0 Å². The summed E-state index contributed by atoms with van der Waals surface area (Å²) in [5.41, 5.74) is 1.66. The van der Waals surface area contributed by atoms with Gasteiger partial charge in [-0.25, -0.2) is 4.39 Å². The molecule has 0 fully saturated rings. The zero-order chi connectivity index (χ0) is 9.84. The van der Waals surface area contributed by atoms with Gasteiger partial charge in [-0.1, -0.05) is 19.4 Å². The molecular formula is C11H15FO. The zero-order valence-corrected chi connectivity index (χ0v) is 8.05. The van der Waals surface area contributed by atoms with E-state index in [0.717, 1.165) is 12.0 Å². The number of aliphatic hydroxyl groups excluding tert-OH is 1. The Kier molecular flexibility index (Phi) is 3.43. The van der Waals surface area contributed by atoms with Crippen LogP contribution in [0.25, 0.3) is 0 Å². The van der Waals surface area contributed by atoms with Gasteiger partial charge in [0.25, 0.3) is 0 Å². The van der Waals surface area contributed by atoms with Gasteiger partial charge in [0.1, 0.15) is 5.82 Å². The molecule has 2 heteroatoms. The highest BCUT2D eigenvalue weighted by molar-refractivity contribution is 5.28. The Hall–Kier alpha value is -0.890. The van der Waals surface area contributed by atoms with E-state index < -0.39 is 6.10 Å². The molecule has 1 aromatic carbocycles. The van der Waals surface area contributed by atoms with E-state index in [1.165, 1.54) is 12.1 Å². The van der Waals surface area contributed by atoms with E-state index in [1.54, 1.807) is 6.07 Å². The number of halogens is 1. The van der Waals surface area contributed by atoms with Crippen LogP contribution in [-0.4, -0.2) is 5.11 Å². The summed E-state index contributed by atoms with van der Waals surface area (Å²) in [6, 6.07) is 4.52. The molecule has 0 amide bonds. The van der Waals surface area contributed by atoms with Gasteiger partial charge in [-0.15, -0.1) is 0 Å². The second-order valence-electron chi connectivity index (χ2n) is 3.31. The van der Waals surface area contributed by atoms with Crippen molar-refractivity contribution in [3.8, 4) is 0 Å². The van der Waals surface area contributed by atoms with E-state index in [1.807, 2.05) is 13.8 Å². The van der Waals surface area contributed by atoms with Crippen LogP contribution in [-0.2, 0) is 0 Å². The van der Waals surface area contributed by atoms with E-state index >= 15 is 0 Å². The zero-order valence-electron chi connectivity index (χ0n) is 8.05. The van der Waals surface area contributed by atoms with Gasteiger partial charge in [-0.2, -0.15) is 0 Å². The minimum atomic E-state index is -0.527. The van der Waals surface area contributed by atoms with Crippen molar-refractivity contribution in [2.24, 2.45) is 0 Å². The number of aryl methyl sites for hydroxylation is 1. The van der Waals surface area contributed by atoms with E-state index in [0.29, 0.717) is 12.0 Å². The van der Waals surface area contributed by atoms with E-state index in [2.05, 4.69) is 0 Å². The first kappa shape index (κ1) is 10.2. The van der Waals surface area contributed by atoms with Crippen molar-refractivity contribution in [3.63, 3.8) is 0 Å². The molecule has 0 radical (unpaired) electrons. The first-order valence-corrected chi connectivity index (χ1v) is 4.59. The summed E-state index contributed by atoms with van der Waals surface area (Å²) in [6.07, 6.45) is 1.06. The van der Waals surface area contributed by atoms with Gasteiger partial charge in [-0.3, -0.25) is 0 Å². The minimum absolute atomic E-state index is 0.282. The van der Waals surface area contributed by atoms with Gasteiger partial charge in [0, 0.05) is 0 Å². The summed E-state index contributed by atoms with van der Waals surface area (Å²) < 4.78 is 12.8. The lowest BCUT2D eigenvalue weighted by Crippen LogP contribution is -2.00. The fourth-order valence-corrected chi connectivity index (χ4v) is 1.40. The molecule has 1 atom stereocenters. The van der Waals surface area contributed by atoms with E-state index in [4.69, 9.17) is 0 Å². The number of benzene rings is 1. The topological polar surface area (TPSA) is 20.2 Å². The molecule has 0 bridgehead atoms. The maximum atomic E-state index is 12.8. The van der Waals surface area contributed by atoms with E-state index in [-0.39, 0.29) is 5.82 Å². The lowest BCUT2D eigenvalue weighted by molar-refractivity contribution is 0.165. The highest BCUT2D eigenvalue weighted by atomic mass is 19.1. The smallest absolute Gasteiger partial charge is 0.123 e. The van der Waals surface area contributed by atoms with Crippen molar-refractivity contribution >= 4 is 0 Å². The summed E-state index contributed by atoms with van der Waals surface area (Å²) in [7, 11) is 0. The summed E-state index contributed by atoms with van der Waals surface area (Å²) in [4.78, 5) is 0. The molecule has 1 rings (SSSR count). The van der Waals surface area contributed by atoms with Crippen molar-refractivity contribution in [2.45, 2.75) is 32.8 Å². The van der Waals surface area contributed by atoms with Gasteiger partial charge < -0.3 is 5.11 Å². The summed E-state index contributed by atoms with van der Waals surface area (Å²) in [5.74, 6) is -0.282. The molecule has 1 N–H and O–H groups in total. The molecule has 0 aromatic heterocycles. The molecule has 0 spiro atoms. The van der Waals surface area contributed by atoms with Crippen LogP contribution < -0.4 is 0 Å². The summed E-state index contributed by atoms with van der Waals surface area (Å²) >= 11 is 0. The van der Waals surface area contributed by atoms with Crippen LogP contribution in [0.5, 0.6) is 0 Å². The molecule has 0 aliphatic carbocycles. The first-order chi connectivity index (χ1) is 6.15. The minimum Gasteiger partial charge on any atom is -0.388 e. The Morgan fingerprint density at radius 3 is 2.77 bits per heavy atom. The highest BCUT2D eigenvalue weighted by Crippen LogP contribution is 2.22. The maximum Gasteiger partial charge on any atom is 0.123 e. The lowest BCUT2D eigenvalue weighted by Gasteiger charge is -2.12. The fourth-order valence-electron chi connectivity index (χ4n) is 1.40. The molecular weight excluding hydrogens is 167 g/mol. The molecule has 0 saturated heterocycles. The van der Waals surface area contributed by atoms with Crippen LogP contribution in [0.15, 0.2) is 18.2 Å². The molecule has 0 aliphatic heterocycles. The lowest BCUT2D eigenvalue weighted by atomic mass is 10.0. The van der Waals surface area contributed by atoms with Crippen LogP contribution in [0, 0.1) is 12.7 Å². The molecule has 0 saturated carbocycles. The van der Waals surface area contributed by atoms with Gasteiger partial charge in [0.05, 0.1) is 6.10 Å². The van der Waals surface area contributed by atoms with Crippen LogP contribution in [0.1, 0.15) is 37.0 Å². The van der Waals surface area contributed by atoms with Gasteiger partial charge >= 0.3 is 0 Å². The van der Waals surface area contributed by atoms with Crippen molar-refractivity contribution in [3.05, 3.63) is 35.1 Å². The third-order valence-electron chi connectivity index (χ3n) is 2.16. The standard InChI is InChI=1S/C11H15FO/c1-3-4-11(13)10-7-9(12)6-5-8(10)2/h5-7,11,13H,3-4H2,1-2H3. The molecule has 72 valence electrons. The highest BCUT2D eigenvalue weighted by Gasteiger charge is 2.09. The Bertz CT molecular complexity index is 283. The van der Waals surface area contributed by atoms with E-state index in [9.17, 15) is 9.50 Å². The van der Waals surface area contributed by atoms with Crippen molar-refractivity contribution in [1.29, 1.82) is 0 Å². The second-order valence-corrected chi connectivity index (χ2v) is 3.31. The third-order valence-corrected chi connectivity index (χ3v) is 2.16. The molecule has 0 aliphatic rings. The van der Waals surface area contributed by atoms with Crippen LogP contribution in [0.4, 0.5) is 4.39 Å². The Morgan fingerprint density at radius 1 is 1.46 bits per heavy atom. The Morgan fingerprint density at radius 2 is 2.15 bits per heavy atom. The van der Waals surface area contributed by atoms with Gasteiger partial charge in [0.15, 0.2) is 0 Å². The first-order valence-electron chi connectivity index (χ1n) is 4.59. The van der Waals surface area contributed by atoms with Crippen molar-refractivity contribution in [2.75, 3.05) is 0 Å². The average molecular weight is 182 g/mol. The maximum absolute atomic E-state index is 12.8. The summed E-state index contributed by atoms with van der Waals surface area (Å²) in [5, 5.41) is 9.66. The number of hydrogen-bond donors (Lipinski definition) is 1. The average Bonchev–Trinajstić information content (AvgIpc) is 2.09. The van der Waals surface area contributed by atoms with Crippen LogP contribution in [0.3, 0.4) is 0 Å². The third kappa shape index (κ3) is 2.52. The molecule has 0 heterocycles. The normalized spacial score (nSPS) is 12.9. The molecule has 13 heavy (non-hydrogen) atoms. The fraction of sp³-hybridized carbons (Fsp3) is 0.455. The second kappa shape index (κ2) is 4.38. The Labute approximate surface area is 78.2 Å². The SMILES string of the molecule is CCCC(O)c1cc(F)ccc1C. The quantitative estimate of drug-likeness (QED) is 0.762. The number of aliphatic hydroxyl groups is 1. The molecule has 1 nitrogen and oxygen atoms in total. The monoisotopic (exact) mass is 182 g/mol. The largest absolute Gasteiger partial charge is 0.388 e. The predicted molar refractivity (Wildman–Crippen MR) is 51.0 cm³/mol. The number of hydrogen-bond acceptors (Lipinski definition) is 1. The molecule has 1 aromatic rings.